The lowest BCUT2D eigenvalue weighted by atomic mass is 9.82. The standard InChI is InChI=1S/C25H41N5O2S/c1-5-8-17-13-19(28-24-20(17)21(26)22(33-24)23(27)32)30-11-9-18(10-12-30)29-25(6-2,7-3)14-16(4)15-31/h13,16,18,29,31H,5-12,14-15,26H2,1-4H3,(H2,27,32). The van der Waals surface area contributed by atoms with Gasteiger partial charge in [-0.2, -0.15) is 0 Å². The van der Waals surface area contributed by atoms with E-state index in [1.807, 2.05) is 0 Å². The number of primary amides is 1. The number of anilines is 2. The van der Waals surface area contributed by atoms with Crippen LogP contribution in [0.25, 0.3) is 10.2 Å². The van der Waals surface area contributed by atoms with Crippen molar-refractivity contribution in [3.05, 3.63) is 16.5 Å². The zero-order chi connectivity index (χ0) is 24.2. The first-order valence-corrected chi connectivity index (χ1v) is 13.2. The molecule has 2 aromatic heterocycles. The van der Waals surface area contributed by atoms with E-state index in [1.54, 1.807) is 0 Å². The molecule has 8 heteroatoms. The first-order valence-electron chi connectivity index (χ1n) is 12.4. The maximum atomic E-state index is 11.8. The molecule has 0 radical (unpaired) electrons. The van der Waals surface area contributed by atoms with Crippen LogP contribution < -0.4 is 21.7 Å². The van der Waals surface area contributed by atoms with Crippen molar-refractivity contribution in [3.8, 4) is 0 Å². The van der Waals surface area contributed by atoms with Crippen molar-refractivity contribution < 1.29 is 9.90 Å². The molecule has 1 amide bonds. The van der Waals surface area contributed by atoms with Gasteiger partial charge in [0.25, 0.3) is 5.91 Å². The number of nitrogens with one attached hydrogen (secondary N) is 1. The molecule has 2 aromatic rings. The number of aliphatic hydroxyl groups excluding tert-OH is 1. The SMILES string of the molecule is CCCc1cc(N2CCC(NC(CC)(CC)CC(C)CO)CC2)nc2sc(C(N)=O)c(N)c12. The number of carbonyl (C=O) groups is 1. The number of fused-ring (bicyclic) bond motifs is 1. The number of aryl methyl sites for hydroxylation is 1. The fraction of sp³-hybridized carbons (Fsp3) is 0.680. The number of thiophene rings is 1. The van der Waals surface area contributed by atoms with E-state index >= 15 is 0 Å². The smallest absolute Gasteiger partial charge is 0.260 e. The molecule has 0 spiro atoms. The summed E-state index contributed by atoms with van der Waals surface area (Å²) in [7, 11) is 0. The van der Waals surface area contributed by atoms with E-state index in [4.69, 9.17) is 16.5 Å². The molecule has 0 bridgehead atoms. The van der Waals surface area contributed by atoms with Crippen molar-refractivity contribution in [3.63, 3.8) is 0 Å². The number of hydrogen-bond acceptors (Lipinski definition) is 7. The second kappa shape index (κ2) is 11.0. The summed E-state index contributed by atoms with van der Waals surface area (Å²) in [6.07, 6.45) is 7.12. The van der Waals surface area contributed by atoms with Crippen LogP contribution in [0.1, 0.15) is 81.5 Å². The Hall–Kier alpha value is -1.90. The molecule has 0 saturated carbocycles. The van der Waals surface area contributed by atoms with Crippen LogP contribution in [-0.4, -0.2) is 47.3 Å². The number of pyridine rings is 1. The summed E-state index contributed by atoms with van der Waals surface area (Å²) in [6, 6.07) is 2.61. The van der Waals surface area contributed by atoms with Crippen molar-refractivity contribution in [2.75, 3.05) is 30.3 Å². The van der Waals surface area contributed by atoms with E-state index in [0.717, 1.165) is 79.6 Å². The maximum Gasteiger partial charge on any atom is 0.260 e. The van der Waals surface area contributed by atoms with Crippen LogP contribution in [0.15, 0.2) is 6.07 Å². The Kier molecular flexibility index (Phi) is 8.59. The minimum Gasteiger partial charge on any atom is -0.397 e. The molecular formula is C25H41N5O2S. The molecule has 33 heavy (non-hydrogen) atoms. The van der Waals surface area contributed by atoms with Gasteiger partial charge >= 0.3 is 0 Å². The average Bonchev–Trinajstić information content (AvgIpc) is 3.16. The molecule has 1 aliphatic heterocycles. The summed E-state index contributed by atoms with van der Waals surface area (Å²) in [5, 5.41) is 14.4. The van der Waals surface area contributed by atoms with E-state index in [1.165, 1.54) is 11.3 Å². The highest BCUT2D eigenvalue weighted by atomic mass is 32.1. The number of nitrogens with zero attached hydrogens (tertiary/aromatic N) is 2. The molecule has 1 atom stereocenters. The quantitative estimate of drug-likeness (QED) is 0.389. The van der Waals surface area contributed by atoms with Crippen LogP contribution in [0.5, 0.6) is 0 Å². The molecule has 3 rings (SSSR count). The highest BCUT2D eigenvalue weighted by molar-refractivity contribution is 7.21. The van der Waals surface area contributed by atoms with Gasteiger partial charge in [0.15, 0.2) is 0 Å². The summed E-state index contributed by atoms with van der Waals surface area (Å²) in [4.78, 5) is 20.3. The Morgan fingerprint density at radius 1 is 1.33 bits per heavy atom. The predicted molar refractivity (Wildman–Crippen MR) is 139 cm³/mol. The fourth-order valence-corrected chi connectivity index (χ4v) is 6.20. The number of nitrogens with two attached hydrogens (primary N) is 2. The summed E-state index contributed by atoms with van der Waals surface area (Å²) < 4.78 is 0. The van der Waals surface area contributed by atoms with Crippen molar-refractivity contribution >= 4 is 39.0 Å². The van der Waals surface area contributed by atoms with E-state index in [0.29, 0.717) is 22.5 Å². The third-order valence-corrected chi connectivity index (χ3v) is 8.36. The van der Waals surface area contributed by atoms with Crippen LogP contribution in [-0.2, 0) is 6.42 Å². The Morgan fingerprint density at radius 2 is 2.00 bits per heavy atom. The number of aromatic nitrogens is 1. The highest BCUT2D eigenvalue weighted by Crippen LogP contribution is 2.37. The number of carbonyl (C=O) groups excluding carboxylic acids is 1. The predicted octanol–water partition coefficient (Wildman–Crippen LogP) is 4.07. The topological polar surface area (TPSA) is 117 Å². The average molecular weight is 476 g/mol. The molecule has 1 aliphatic rings. The first kappa shape index (κ1) is 25.7. The molecule has 6 N–H and O–H groups in total. The summed E-state index contributed by atoms with van der Waals surface area (Å²) in [5.41, 5.74) is 13.5. The highest BCUT2D eigenvalue weighted by Gasteiger charge is 2.32. The minimum atomic E-state index is -0.489. The van der Waals surface area contributed by atoms with Gasteiger partial charge in [0.2, 0.25) is 0 Å². The number of amides is 1. The molecular weight excluding hydrogens is 434 g/mol. The van der Waals surface area contributed by atoms with Gasteiger partial charge < -0.3 is 26.8 Å². The van der Waals surface area contributed by atoms with Gasteiger partial charge in [0.05, 0.1) is 5.69 Å². The van der Waals surface area contributed by atoms with E-state index in [2.05, 4.69) is 44.0 Å². The second-order valence-electron chi connectivity index (χ2n) is 9.66. The number of aliphatic hydroxyl groups is 1. The molecule has 184 valence electrons. The summed E-state index contributed by atoms with van der Waals surface area (Å²) in [6.45, 7) is 10.9. The third kappa shape index (κ3) is 5.61. The van der Waals surface area contributed by atoms with Gasteiger partial charge in [0.1, 0.15) is 15.5 Å². The number of nitrogen functional groups attached to an aromatic ring is 1. The largest absolute Gasteiger partial charge is 0.397 e. The molecule has 7 nitrogen and oxygen atoms in total. The molecule has 1 unspecified atom stereocenters. The van der Waals surface area contributed by atoms with Gasteiger partial charge in [-0.3, -0.25) is 4.79 Å². The van der Waals surface area contributed by atoms with E-state index in [9.17, 15) is 9.90 Å². The lowest BCUT2D eigenvalue weighted by molar-refractivity contribution is 0.100. The Balaban J connectivity index is 1.77. The molecule has 0 aromatic carbocycles. The Labute approximate surface area is 201 Å². The van der Waals surface area contributed by atoms with E-state index < -0.39 is 5.91 Å². The van der Waals surface area contributed by atoms with Crippen molar-refractivity contribution in [2.24, 2.45) is 11.7 Å². The molecule has 0 aliphatic carbocycles. The summed E-state index contributed by atoms with van der Waals surface area (Å²) in [5.74, 6) is 0.777. The molecule has 3 heterocycles. The Bertz CT molecular complexity index is 948. The van der Waals surface area contributed by atoms with Crippen LogP contribution in [0.3, 0.4) is 0 Å². The zero-order valence-electron chi connectivity index (χ0n) is 20.6. The van der Waals surface area contributed by atoms with Crippen molar-refractivity contribution in [1.82, 2.24) is 10.3 Å². The third-order valence-electron chi connectivity index (χ3n) is 7.24. The van der Waals surface area contributed by atoms with Crippen LogP contribution >= 0.6 is 11.3 Å². The van der Waals surface area contributed by atoms with Crippen LogP contribution in [0.4, 0.5) is 11.5 Å². The van der Waals surface area contributed by atoms with Gasteiger partial charge in [0, 0.05) is 36.7 Å². The van der Waals surface area contributed by atoms with Gasteiger partial charge in [-0.25, -0.2) is 4.98 Å². The fourth-order valence-electron chi connectivity index (χ4n) is 5.22. The zero-order valence-corrected chi connectivity index (χ0v) is 21.4. The molecule has 1 fully saturated rings. The van der Waals surface area contributed by atoms with Crippen molar-refractivity contribution in [1.29, 1.82) is 0 Å². The van der Waals surface area contributed by atoms with E-state index in [-0.39, 0.29) is 12.1 Å². The van der Waals surface area contributed by atoms with Crippen LogP contribution in [0.2, 0.25) is 0 Å². The molecule has 1 saturated heterocycles. The van der Waals surface area contributed by atoms with Gasteiger partial charge in [-0.15, -0.1) is 11.3 Å². The van der Waals surface area contributed by atoms with Crippen molar-refractivity contribution in [2.45, 2.75) is 84.2 Å². The monoisotopic (exact) mass is 475 g/mol. The first-order chi connectivity index (χ1) is 15.8. The normalized spacial score (nSPS) is 16.5. The Morgan fingerprint density at radius 3 is 2.55 bits per heavy atom. The number of rotatable bonds is 11. The lowest BCUT2D eigenvalue weighted by Gasteiger charge is -2.42. The number of hydrogen-bond donors (Lipinski definition) is 4. The van der Waals surface area contributed by atoms with Gasteiger partial charge in [-0.1, -0.05) is 34.1 Å². The lowest BCUT2D eigenvalue weighted by Crippen LogP contribution is -2.54. The van der Waals surface area contributed by atoms with Gasteiger partial charge in [-0.05, 0) is 56.1 Å². The minimum absolute atomic E-state index is 0.0834. The summed E-state index contributed by atoms with van der Waals surface area (Å²) >= 11 is 1.30. The second-order valence-corrected chi connectivity index (χ2v) is 10.7. The number of piperidine rings is 1. The van der Waals surface area contributed by atoms with Crippen LogP contribution in [0, 0.1) is 5.92 Å². The maximum absolute atomic E-state index is 11.8.